The largest absolute Gasteiger partial charge is 0.403 e. The van der Waals surface area contributed by atoms with Crippen molar-refractivity contribution >= 4 is 44.8 Å². The second kappa shape index (κ2) is 8.69. The number of halogens is 2. The lowest BCUT2D eigenvalue weighted by atomic mass is 9.99. The molecule has 0 aliphatic heterocycles. The number of benzene rings is 2. The monoisotopic (exact) mass is 494 g/mol. The van der Waals surface area contributed by atoms with Gasteiger partial charge in [-0.15, -0.1) is 0 Å². The van der Waals surface area contributed by atoms with Gasteiger partial charge in [-0.25, -0.2) is 17.9 Å². The zero-order chi connectivity index (χ0) is 24.0. The maximum atomic E-state index is 13.5. The number of sulfone groups is 1. The zero-order valence-corrected chi connectivity index (χ0v) is 20.3. The summed E-state index contributed by atoms with van der Waals surface area (Å²) in [6, 6.07) is 7.53. The first kappa shape index (κ1) is 24.0. The van der Waals surface area contributed by atoms with Crippen LogP contribution in [0.3, 0.4) is 0 Å². The van der Waals surface area contributed by atoms with E-state index in [1.165, 1.54) is 22.9 Å². The molecule has 0 bridgehead atoms. The van der Waals surface area contributed by atoms with Crippen LogP contribution in [0.1, 0.15) is 43.1 Å². The van der Waals surface area contributed by atoms with Crippen molar-refractivity contribution in [3.8, 4) is 5.88 Å². The molecular formula is C22H20Cl2N2O5S. The van der Waals surface area contributed by atoms with Crippen LogP contribution in [0.5, 0.6) is 5.88 Å². The molecule has 0 saturated heterocycles. The Balaban J connectivity index is 2.09. The van der Waals surface area contributed by atoms with Crippen molar-refractivity contribution in [3.63, 3.8) is 0 Å². The molecule has 0 amide bonds. The lowest BCUT2D eigenvalue weighted by Gasteiger charge is -2.14. The Kier molecular flexibility index (Phi) is 6.51. The van der Waals surface area contributed by atoms with Crippen LogP contribution >= 0.6 is 23.2 Å². The molecule has 0 aliphatic rings. The molecule has 32 heavy (non-hydrogen) atoms. The molecule has 0 aliphatic carbocycles. The average Bonchev–Trinajstić information content (AvgIpc) is 2.96. The summed E-state index contributed by atoms with van der Waals surface area (Å²) in [6.07, 6.45) is 1.08. The second-order valence-electron chi connectivity index (χ2n) is 7.40. The SMILES string of the molecule is Cc1cc(C(=O)c2c(C)nn(C)c2OC(=O)c2ccc(Cl)cc2)c(Cl)c(C)c1S(C)(=O)=O. The minimum Gasteiger partial charge on any atom is -0.403 e. The number of hydrogen-bond donors (Lipinski definition) is 0. The highest BCUT2D eigenvalue weighted by molar-refractivity contribution is 7.90. The molecule has 3 rings (SSSR count). The summed E-state index contributed by atoms with van der Waals surface area (Å²) in [5, 5.41) is 4.69. The summed E-state index contributed by atoms with van der Waals surface area (Å²) in [4.78, 5) is 26.2. The number of ketones is 1. The molecule has 7 nitrogen and oxygen atoms in total. The highest BCUT2D eigenvalue weighted by atomic mass is 35.5. The van der Waals surface area contributed by atoms with E-state index in [0.29, 0.717) is 16.3 Å². The predicted molar refractivity (Wildman–Crippen MR) is 122 cm³/mol. The summed E-state index contributed by atoms with van der Waals surface area (Å²) < 4.78 is 31.1. The third kappa shape index (κ3) is 4.44. The first-order valence-electron chi connectivity index (χ1n) is 9.38. The van der Waals surface area contributed by atoms with Gasteiger partial charge in [0.1, 0.15) is 5.56 Å². The summed E-state index contributed by atoms with van der Waals surface area (Å²) in [6.45, 7) is 4.74. The third-order valence-corrected chi connectivity index (χ3v) is 7.02. The number of rotatable bonds is 5. The van der Waals surface area contributed by atoms with Crippen LogP contribution in [0.15, 0.2) is 35.2 Å². The molecule has 3 aromatic rings. The Morgan fingerprint density at radius 2 is 1.66 bits per heavy atom. The summed E-state index contributed by atoms with van der Waals surface area (Å²) in [7, 11) is -2.01. The highest BCUT2D eigenvalue weighted by Gasteiger charge is 2.29. The van der Waals surface area contributed by atoms with Gasteiger partial charge in [-0.2, -0.15) is 5.10 Å². The molecule has 2 aromatic carbocycles. The lowest BCUT2D eigenvalue weighted by molar-refractivity contribution is 0.0718. The van der Waals surface area contributed by atoms with Gasteiger partial charge in [0.15, 0.2) is 9.84 Å². The molecule has 0 saturated carbocycles. The highest BCUT2D eigenvalue weighted by Crippen LogP contribution is 2.34. The number of aromatic nitrogens is 2. The van der Waals surface area contributed by atoms with Crippen LogP contribution in [0.25, 0.3) is 0 Å². The Hall–Kier alpha value is -2.68. The fourth-order valence-corrected chi connectivity index (χ4v) is 5.28. The van der Waals surface area contributed by atoms with Crippen LogP contribution in [-0.4, -0.2) is 36.2 Å². The number of aryl methyl sites for hydroxylation is 3. The summed E-state index contributed by atoms with van der Waals surface area (Å²) in [5.41, 5.74) is 1.39. The number of hydrogen-bond acceptors (Lipinski definition) is 6. The topological polar surface area (TPSA) is 95.3 Å². The Morgan fingerprint density at radius 1 is 1.06 bits per heavy atom. The predicted octanol–water partition coefficient (Wildman–Crippen LogP) is 4.51. The quantitative estimate of drug-likeness (QED) is 0.382. The molecule has 0 radical (unpaired) electrons. The van der Waals surface area contributed by atoms with Crippen molar-refractivity contribution < 1.29 is 22.7 Å². The van der Waals surface area contributed by atoms with Crippen molar-refractivity contribution in [2.75, 3.05) is 6.26 Å². The normalized spacial score (nSPS) is 11.5. The molecular weight excluding hydrogens is 475 g/mol. The molecule has 10 heteroatoms. The number of carbonyl (C=O) groups excluding carboxylic acids is 2. The van der Waals surface area contributed by atoms with Gasteiger partial charge in [0.05, 0.1) is 21.2 Å². The van der Waals surface area contributed by atoms with Gasteiger partial charge in [0, 0.05) is 23.9 Å². The molecule has 0 atom stereocenters. The van der Waals surface area contributed by atoms with Crippen molar-refractivity contribution in [1.82, 2.24) is 9.78 Å². The van der Waals surface area contributed by atoms with Crippen LogP contribution in [0.2, 0.25) is 10.0 Å². The van der Waals surface area contributed by atoms with Crippen LogP contribution < -0.4 is 4.74 Å². The molecule has 0 fully saturated rings. The first-order chi connectivity index (χ1) is 14.8. The van der Waals surface area contributed by atoms with E-state index in [1.807, 2.05) is 0 Å². The van der Waals surface area contributed by atoms with Gasteiger partial charge in [-0.05, 0) is 62.2 Å². The number of carbonyl (C=O) groups is 2. The number of nitrogens with zero attached hydrogens (tertiary/aromatic N) is 2. The Labute approximate surface area is 195 Å². The minimum atomic E-state index is -3.55. The first-order valence-corrected chi connectivity index (χ1v) is 12.0. The standard InChI is InChI=1S/C22H20Cl2N2O5S/c1-11-10-16(18(24)12(2)20(11)32(5,29)30)19(27)17-13(3)25-26(4)21(17)31-22(28)14-6-8-15(23)9-7-14/h6-10H,1-5H3. The fraction of sp³-hybridized carbons (Fsp3) is 0.227. The summed E-state index contributed by atoms with van der Waals surface area (Å²) >= 11 is 12.3. The molecule has 0 unspecified atom stereocenters. The zero-order valence-electron chi connectivity index (χ0n) is 18.0. The van der Waals surface area contributed by atoms with E-state index in [2.05, 4.69) is 5.10 Å². The molecule has 168 valence electrons. The maximum Gasteiger partial charge on any atom is 0.344 e. The van der Waals surface area contributed by atoms with Crippen LogP contribution in [-0.2, 0) is 16.9 Å². The van der Waals surface area contributed by atoms with E-state index in [4.69, 9.17) is 27.9 Å². The number of ether oxygens (including phenoxy) is 1. The van der Waals surface area contributed by atoms with Gasteiger partial charge in [-0.1, -0.05) is 23.2 Å². The Morgan fingerprint density at radius 3 is 2.22 bits per heavy atom. The molecule has 0 spiro atoms. The van der Waals surface area contributed by atoms with Crippen LogP contribution in [0.4, 0.5) is 0 Å². The van der Waals surface area contributed by atoms with Crippen molar-refractivity contribution in [2.45, 2.75) is 25.7 Å². The summed E-state index contributed by atoms with van der Waals surface area (Å²) in [5.74, 6) is -1.28. The molecule has 0 N–H and O–H groups in total. The van der Waals surface area contributed by atoms with Crippen molar-refractivity contribution in [2.24, 2.45) is 7.05 Å². The van der Waals surface area contributed by atoms with E-state index >= 15 is 0 Å². The van der Waals surface area contributed by atoms with Crippen molar-refractivity contribution in [1.29, 1.82) is 0 Å². The van der Waals surface area contributed by atoms with Crippen molar-refractivity contribution in [3.05, 3.63) is 73.9 Å². The minimum absolute atomic E-state index is 0.0132. The second-order valence-corrected chi connectivity index (χ2v) is 10.2. The lowest BCUT2D eigenvalue weighted by Crippen LogP contribution is -2.15. The maximum absolute atomic E-state index is 13.5. The van der Waals surface area contributed by atoms with Crippen LogP contribution in [0, 0.1) is 20.8 Å². The van der Waals surface area contributed by atoms with Gasteiger partial charge < -0.3 is 4.74 Å². The van der Waals surface area contributed by atoms with Gasteiger partial charge in [-0.3, -0.25) is 4.79 Å². The van der Waals surface area contributed by atoms with E-state index in [1.54, 1.807) is 40.0 Å². The van der Waals surface area contributed by atoms with E-state index in [0.717, 1.165) is 6.26 Å². The fourth-order valence-electron chi connectivity index (χ4n) is 3.56. The smallest absolute Gasteiger partial charge is 0.344 e. The van der Waals surface area contributed by atoms with Gasteiger partial charge >= 0.3 is 5.97 Å². The molecule has 1 heterocycles. The Bertz CT molecular complexity index is 1360. The molecule has 1 aromatic heterocycles. The van der Waals surface area contributed by atoms with Gasteiger partial charge in [0.2, 0.25) is 11.7 Å². The van der Waals surface area contributed by atoms with E-state index in [-0.39, 0.29) is 38.1 Å². The third-order valence-electron chi connectivity index (χ3n) is 4.91. The van der Waals surface area contributed by atoms with E-state index in [9.17, 15) is 18.0 Å². The average molecular weight is 495 g/mol. The van der Waals surface area contributed by atoms with E-state index < -0.39 is 21.6 Å². The van der Waals surface area contributed by atoms with Gasteiger partial charge in [0.25, 0.3) is 0 Å². The number of esters is 1.